The number of anilines is 2. The molecule has 2 aliphatic heterocycles. The number of benzene rings is 1. The molecule has 122 valence electrons. The summed E-state index contributed by atoms with van der Waals surface area (Å²) in [6.07, 6.45) is 1.01. The molecule has 0 spiro atoms. The molecular formula is C17H20FN3OS. The third-order valence-electron chi connectivity index (χ3n) is 4.75. The Hall–Kier alpha value is -1.50. The highest BCUT2D eigenvalue weighted by Gasteiger charge is 2.60. The van der Waals surface area contributed by atoms with Crippen molar-refractivity contribution in [1.82, 2.24) is 9.88 Å². The van der Waals surface area contributed by atoms with Gasteiger partial charge in [-0.3, -0.25) is 4.90 Å². The number of aliphatic hydroxyl groups excluding tert-OH is 1. The molecule has 5 rings (SSSR count). The van der Waals surface area contributed by atoms with E-state index in [1.807, 2.05) is 35.7 Å². The monoisotopic (exact) mass is 333 g/mol. The first-order valence-corrected chi connectivity index (χ1v) is 8.75. The molecule has 1 saturated carbocycles. The molecule has 23 heavy (non-hydrogen) atoms. The summed E-state index contributed by atoms with van der Waals surface area (Å²) < 4.78 is 14.4. The summed E-state index contributed by atoms with van der Waals surface area (Å²) >= 11 is 1.56. The van der Waals surface area contributed by atoms with E-state index >= 15 is 0 Å². The van der Waals surface area contributed by atoms with E-state index in [9.17, 15) is 9.50 Å². The Morgan fingerprint density at radius 1 is 1.26 bits per heavy atom. The molecule has 0 amide bonds. The van der Waals surface area contributed by atoms with E-state index in [0.717, 1.165) is 23.1 Å². The summed E-state index contributed by atoms with van der Waals surface area (Å²) in [5, 5.41) is 15.7. The Labute approximate surface area is 139 Å². The average molecular weight is 333 g/mol. The van der Waals surface area contributed by atoms with Crippen LogP contribution in [-0.2, 0) is 6.54 Å². The molecule has 2 N–H and O–H groups in total. The number of rotatable bonds is 5. The molecule has 0 unspecified atom stereocenters. The average Bonchev–Trinajstić information content (AvgIpc) is 2.93. The number of hydrogen-bond donors (Lipinski definition) is 2. The first kappa shape index (κ1) is 15.1. The second-order valence-corrected chi connectivity index (χ2v) is 7.80. The molecular weight excluding hydrogens is 313 g/mol. The third-order valence-corrected chi connectivity index (χ3v) is 5.55. The Kier molecular flexibility index (Phi) is 3.63. The molecule has 1 aliphatic carbocycles. The Morgan fingerprint density at radius 2 is 2.04 bits per heavy atom. The summed E-state index contributed by atoms with van der Waals surface area (Å²) in [5.41, 5.74) is 0.622. The first-order chi connectivity index (χ1) is 11.1. The smallest absolute Gasteiger partial charge is 0.187 e. The summed E-state index contributed by atoms with van der Waals surface area (Å²) in [4.78, 5) is 6.68. The molecule has 1 aromatic heterocycles. The van der Waals surface area contributed by atoms with Crippen LogP contribution in [0.5, 0.6) is 0 Å². The number of para-hydroxylation sites is 1. The summed E-state index contributed by atoms with van der Waals surface area (Å²) in [6, 6.07) is 9.93. The van der Waals surface area contributed by atoms with E-state index in [1.165, 1.54) is 0 Å². The number of aromatic nitrogens is 1. The van der Waals surface area contributed by atoms with Gasteiger partial charge >= 0.3 is 0 Å². The van der Waals surface area contributed by atoms with Crippen LogP contribution in [0, 0.1) is 5.41 Å². The quantitative estimate of drug-likeness (QED) is 0.882. The summed E-state index contributed by atoms with van der Waals surface area (Å²) in [7, 11) is 0. The van der Waals surface area contributed by atoms with Gasteiger partial charge in [-0.2, -0.15) is 0 Å². The number of fused-ring (bicyclic) bond motifs is 2. The van der Waals surface area contributed by atoms with Crippen molar-refractivity contribution in [2.45, 2.75) is 25.1 Å². The molecule has 2 aromatic rings. The van der Waals surface area contributed by atoms with Gasteiger partial charge in [0, 0.05) is 36.1 Å². The number of halogens is 1. The Balaban J connectivity index is 1.40. The van der Waals surface area contributed by atoms with Crippen LogP contribution in [-0.4, -0.2) is 40.4 Å². The maximum absolute atomic E-state index is 14.4. The zero-order chi connectivity index (χ0) is 15.9. The van der Waals surface area contributed by atoms with Crippen LogP contribution < -0.4 is 5.32 Å². The Bertz CT molecular complexity index is 684. The maximum Gasteiger partial charge on any atom is 0.187 e. The number of alkyl halides is 1. The highest BCUT2D eigenvalue weighted by atomic mass is 32.1. The molecule has 3 heterocycles. The standard InChI is InChI=1S/C17H20FN3OS/c18-17-8-16(9-17,12-22)10-21(11-17)6-14-7-23-15(20-14)19-13-4-2-1-3-5-13/h1-5,7,22H,6,8-12H2,(H,19,20). The predicted octanol–water partition coefficient (Wildman–Crippen LogP) is 3.18. The van der Waals surface area contributed by atoms with Crippen LogP contribution in [0.4, 0.5) is 15.2 Å². The van der Waals surface area contributed by atoms with Gasteiger partial charge in [-0.05, 0) is 25.0 Å². The van der Waals surface area contributed by atoms with Crippen LogP contribution in [0.3, 0.4) is 0 Å². The number of aliphatic hydroxyl groups is 1. The zero-order valence-electron chi connectivity index (χ0n) is 12.8. The molecule has 1 aromatic carbocycles. The van der Waals surface area contributed by atoms with Crippen molar-refractivity contribution in [2.75, 3.05) is 25.0 Å². The first-order valence-electron chi connectivity index (χ1n) is 7.87. The minimum atomic E-state index is -1.11. The highest BCUT2D eigenvalue weighted by molar-refractivity contribution is 7.13. The lowest BCUT2D eigenvalue weighted by atomic mass is 9.57. The fourth-order valence-electron chi connectivity index (χ4n) is 4.03. The van der Waals surface area contributed by atoms with E-state index in [4.69, 9.17) is 0 Å². The van der Waals surface area contributed by atoms with Gasteiger partial charge < -0.3 is 10.4 Å². The molecule has 2 bridgehead atoms. The van der Waals surface area contributed by atoms with Gasteiger partial charge in [-0.1, -0.05) is 18.2 Å². The van der Waals surface area contributed by atoms with Crippen LogP contribution in [0.1, 0.15) is 18.5 Å². The third kappa shape index (κ3) is 2.98. The van der Waals surface area contributed by atoms with Crippen molar-refractivity contribution in [3.05, 3.63) is 41.4 Å². The number of hydrogen-bond acceptors (Lipinski definition) is 5. The van der Waals surface area contributed by atoms with Crippen LogP contribution in [0.15, 0.2) is 35.7 Å². The van der Waals surface area contributed by atoms with E-state index in [1.54, 1.807) is 11.3 Å². The topological polar surface area (TPSA) is 48.4 Å². The molecule has 3 aliphatic rings. The lowest BCUT2D eigenvalue weighted by molar-refractivity contribution is -0.168. The fourth-order valence-corrected chi connectivity index (χ4v) is 4.75. The summed E-state index contributed by atoms with van der Waals surface area (Å²) in [5.74, 6) is 0. The highest BCUT2D eigenvalue weighted by Crippen LogP contribution is 2.55. The number of nitrogens with one attached hydrogen (secondary N) is 1. The summed E-state index contributed by atoms with van der Waals surface area (Å²) in [6.45, 7) is 1.93. The molecule has 2 saturated heterocycles. The molecule has 4 nitrogen and oxygen atoms in total. The van der Waals surface area contributed by atoms with Crippen LogP contribution >= 0.6 is 11.3 Å². The van der Waals surface area contributed by atoms with Gasteiger partial charge in [0.05, 0.1) is 12.3 Å². The number of piperidine rings is 2. The van der Waals surface area contributed by atoms with Gasteiger partial charge in [0.1, 0.15) is 5.67 Å². The van der Waals surface area contributed by atoms with Crippen molar-refractivity contribution in [2.24, 2.45) is 5.41 Å². The SMILES string of the molecule is OCC12CN(Cc3csc(Nc4ccccc4)n3)CC(F)(C1)C2. The molecule has 3 fully saturated rings. The van der Waals surface area contributed by atoms with Crippen molar-refractivity contribution in [3.8, 4) is 0 Å². The maximum atomic E-state index is 14.4. The second kappa shape index (κ2) is 5.54. The van der Waals surface area contributed by atoms with Gasteiger partial charge in [-0.15, -0.1) is 11.3 Å². The van der Waals surface area contributed by atoms with Gasteiger partial charge in [0.25, 0.3) is 0 Å². The van der Waals surface area contributed by atoms with Gasteiger partial charge in [0.15, 0.2) is 5.13 Å². The Morgan fingerprint density at radius 3 is 2.78 bits per heavy atom. The van der Waals surface area contributed by atoms with Gasteiger partial charge in [-0.25, -0.2) is 9.37 Å². The van der Waals surface area contributed by atoms with Crippen LogP contribution in [0.25, 0.3) is 0 Å². The molecule has 6 heteroatoms. The van der Waals surface area contributed by atoms with Crippen molar-refractivity contribution in [1.29, 1.82) is 0 Å². The molecule has 0 radical (unpaired) electrons. The normalized spacial score (nSPS) is 30.0. The van der Waals surface area contributed by atoms with Crippen molar-refractivity contribution >= 4 is 22.2 Å². The minimum absolute atomic E-state index is 0.0764. The second-order valence-electron chi connectivity index (χ2n) is 6.94. The molecule has 0 atom stereocenters. The fraction of sp³-hybridized carbons (Fsp3) is 0.471. The van der Waals surface area contributed by atoms with Crippen molar-refractivity contribution < 1.29 is 9.50 Å². The zero-order valence-corrected chi connectivity index (χ0v) is 13.7. The van der Waals surface area contributed by atoms with E-state index in [2.05, 4.69) is 15.2 Å². The number of nitrogens with zero attached hydrogens (tertiary/aromatic N) is 2. The van der Waals surface area contributed by atoms with Crippen LogP contribution in [0.2, 0.25) is 0 Å². The van der Waals surface area contributed by atoms with E-state index < -0.39 is 5.67 Å². The number of thiazole rings is 1. The lowest BCUT2D eigenvalue weighted by Gasteiger charge is -2.59. The largest absolute Gasteiger partial charge is 0.396 e. The van der Waals surface area contributed by atoms with Gasteiger partial charge in [0.2, 0.25) is 0 Å². The van der Waals surface area contributed by atoms with E-state index in [-0.39, 0.29) is 12.0 Å². The predicted molar refractivity (Wildman–Crippen MR) is 89.7 cm³/mol. The minimum Gasteiger partial charge on any atom is -0.396 e. The van der Waals surface area contributed by atoms with E-state index in [0.29, 0.717) is 25.9 Å². The lowest BCUT2D eigenvalue weighted by Crippen LogP contribution is -2.66. The van der Waals surface area contributed by atoms with Crippen molar-refractivity contribution in [3.63, 3.8) is 0 Å².